The quantitative estimate of drug-likeness (QED) is 0.745. The molecule has 0 spiro atoms. The van der Waals surface area contributed by atoms with Gasteiger partial charge in [-0.25, -0.2) is 4.98 Å². The van der Waals surface area contributed by atoms with Gasteiger partial charge in [-0.3, -0.25) is 9.59 Å². The largest absolute Gasteiger partial charge is 0.368 e. The van der Waals surface area contributed by atoms with Gasteiger partial charge in [-0.2, -0.15) is 5.26 Å². The van der Waals surface area contributed by atoms with Crippen molar-refractivity contribution in [2.45, 2.75) is 25.3 Å². The normalized spacial score (nSPS) is 20.2. The molecule has 2 fully saturated rings. The molecule has 23 heavy (non-hydrogen) atoms. The highest BCUT2D eigenvalue weighted by Crippen LogP contribution is 2.32. The van der Waals surface area contributed by atoms with Crippen LogP contribution in [0.25, 0.3) is 0 Å². The van der Waals surface area contributed by atoms with Gasteiger partial charge in [-0.1, -0.05) is 0 Å². The van der Waals surface area contributed by atoms with Gasteiger partial charge in [-0.05, 0) is 25.0 Å². The summed E-state index contributed by atoms with van der Waals surface area (Å²) in [4.78, 5) is 29.9. The van der Waals surface area contributed by atoms with Gasteiger partial charge in [-0.15, -0.1) is 0 Å². The van der Waals surface area contributed by atoms with Crippen LogP contribution in [0.4, 0.5) is 5.82 Å². The first kappa shape index (κ1) is 15.3. The second kappa shape index (κ2) is 6.65. The molecule has 1 saturated heterocycles. The predicted octanol–water partition coefficient (Wildman–Crippen LogP) is 0.492. The van der Waals surface area contributed by atoms with Crippen LogP contribution in [0.5, 0.6) is 0 Å². The standard InChI is InChI=1S/C16H19N5O2/c17-8-11-1-4-14(20-9-11)18-5-6-19-16(23)12-7-15(22)21(10-12)13-2-3-13/h1,4,9,12-13H,2-3,5-7,10H2,(H,18,20)(H,19,23)/t12-/m0/s1. The molecule has 0 radical (unpaired) electrons. The Balaban J connectivity index is 1.37. The van der Waals surface area contributed by atoms with Crippen LogP contribution in [0.15, 0.2) is 18.3 Å². The molecule has 2 N–H and O–H groups in total. The van der Waals surface area contributed by atoms with E-state index in [0.717, 1.165) is 12.8 Å². The fourth-order valence-corrected chi connectivity index (χ4v) is 2.73. The maximum absolute atomic E-state index is 12.1. The Labute approximate surface area is 134 Å². The van der Waals surface area contributed by atoms with Gasteiger partial charge in [0.05, 0.1) is 11.5 Å². The number of anilines is 1. The number of nitriles is 1. The van der Waals surface area contributed by atoms with Crippen LogP contribution in [0.1, 0.15) is 24.8 Å². The van der Waals surface area contributed by atoms with Gasteiger partial charge in [0, 0.05) is 38.3 Å². The lowest BCUT2D eigenvalue weighted by Crippen LogP contribution is -2.36. The first-order valence-corrected chi connectivity index (χ1v) is 7.84. The van der Waals surface area contributed by atoms with Gasteiger partial charge >= 0.3 is 0 Å². The van der Waals surface area contributed by atoms with E-state index >= 15 is 0 Å². The maximum Gasteiger partial charge on any atom is 0.225 e. The van der Waals surface area contributed by atoms with Crippen molar-refractivity contribution in [3.8, 4) is 6.07 Å². The molecule has 1 aliphatic heterocycles. The van der Waals surface area contributed by atoms with Gasteiger partial charge in [0.15, 0.2) is 0 Å². The number of likely N-dealkylation sites (tertiary alicyclic amines) is 1. The summed E-state index contributed by atoms with van der Waals surface area (Å²) in [5, 5.41) is 14.6. The number of aromatic nitrogens is 1. The molecule has 2 heterocycles. The molecule has 0 bridgehead atoms. The summed E-state index contributed by atoms with van der Waals surface area (Å²) >= 11 is 0. The third-order valence-corrected chi connectivity index (χ3v) is 4.14. The molecule has 7 nitrogen and oxygen atoms in total. The Kier molecular flexibility index (Phi) is 4.42. The molecule has 1 atom stereocenters. The third kappa shape index (κ3) is 3.77. The van der Waals surface area contributed by atoms with Crippen LogP contribution in [0.2, 0.25) is 0 Å². The Hall–Kier alpha value is -2.62. The Bertz CT molecular complexity index is 633. The van der Waals surface area contributed by atoms with E-state index < -0.39 is 0 Å². The lowest BCUT2D eigenvalue weighted by atomic mass is 10.1. The summed E-state index contributed by atoms with van der Waals surface area (Å²) < 4.78 is 0. The summed E-state index contributed by atoms with van der Waals surface area (Å²) in [5.74, 6) is 0.481. The summed E-state index contributed by atoms with van der Waals surface area (Å²) in [7, 11) is 0. The van der Waals surface area contributed by atoms with Crippen molar-refractivity contribution in [3.63, 3.8) is 0 Å². The van der Waals surface area contributed by atoms with Crippen molar-refractivity contribution in [1.82, 2.24) is 15.2 Å². The topological polar surface area (TPSA) is 98.1 Å². The lowest BCUT2D eigenvalue weighted by molar-refractivity contribution is -0.129. The van der Waals surface area contributed by atoms with E-state index in [1.165, 1.54) is 6.20 Å². The van der Waals surface area contributed by atoms with Gasteiger partial charge < -0.3 is 15.5 Å². The second-order valence-corrected chi connectivity index (χ2v) is 5.94. The van der Waals surface area contributed by atoms with Crippen LogP contribution in [0.3, 0.4) is 0 Å². The smallest absolute Gasteiger partial charge is 0.225 e. The number of carbonyl (C=O) groups excluding carboxylic acids is 2. The highest BCUT2D eigenvalue weighted by atomic mass is 16.2. The summed E-state index contributed by atoms with van der Waals surface area (Å²) in [5.41, 5.74) is 0.509. The van der Waals surface area contributed by atoms with Gasteiger partial charge in [0.1, 0.15) is 11.9 Å². The van der Waals surface area contributed by atoms with E-state index in [-0.39, 0.29) is 17.7 Å². The zero-order valence-electron chi connectivity index (χ0n) is 12.8. The first-order chi connectivity index (χ1) is 11.2. The minimum absolute atomic E-state index is 0.0592. The molecule has 1 aliphatic carbocycles. The Morgan fingerprint density at radius 3 is 2.87 bits per heavy atom. The monoisotopic (exact) mass is 313 g/mol. The molecule has 0 unspecified atom stereocenters. The minimum atomic E-state index is -0.226. The van der Waals surface area contributed by atoms with E-state index in [4.69, 9.17) is 5.26 Å². The van der Waals surface area contributed by atoms with Crippen LogP contribution in [-0.2, 0) is 9.59 Å². The molecule has 3 rings (SSSR count). The molecule has 1 aromatic heterocycles. The maximum atomic E-state index is 12.1. The Morgan fingerprint density at radius 1 is 1.39 bits per heavy atom. The van der Waals surface area contributed by atoms with Crippen LogP contribution in [-0.4, -0.2) is 47.4 Å². The molecule has 1 aromatic rings. The summed E-state index contributed by atoms with van der Waals surface area (Å²) in [6.07, 6.45) is 3.97. The SMILES string of the molecule is N#Cc1ccc(NCCNC(=O)[C@H]2CC(=O)N(C3CC3)C2)nc1. The number of hydrogen-bond donors (Lipinski definition) is 2. The average Bonchev–Trinajstić information content (AvgIpc) is 3.34. The predicted molar refractivity (Wildman–Crippen MR) is 83.3 cm³/mol. The van der Waals surface area contributed by atoms with Gasteiger partial charge in [0.25, 0.3) is 0 Å². The molecule has 1 saturated carbocycles. The zero-order valence-corrected chi connectivity index (χ0v) is 12.8. The van der Waals surface area contributed by atoms with Crippen LogP contribution < -0.4 is 10.6 Å². The van der Waals surface area contributed by atoms with E-state index in [9.17, 15) is 9.59 Å². The number of pyridine rings is 1. The molecular formula is C16H19N5O2. The molecule has 2 amide bonds. The third-order valence-electron chi connectivity index (χ3n) is 4.14. The second-order valence-electron chi connectivity index (χ2n) is 5.94. The highest BCUT2D eigenvalue weighted by molar-refractivity contribution is 5.89. The minimum Gasteiger partial charge on any atom is -0.368 e. The van der Waals surface area contributed by atoms with Crippen molar-refractivity contribution in [1.29, 1.82) is 5.26 Å². The van der Waals surface area contributed by atoms with Gasteiger partial charge in [0.2, 0.25) is 11.8 Å². The van der Waals surface area contributed by atoms with Crippen LogP contribution in [0, 0.1) is 17.2 Å². The average molecular weight is 313 g/mol. The molecular weight excluding hydrogens is 294 g/mol. The molecule has 120 valence electrons. The number of carbonyl (C=O) groups is 2. The molecule has 0 aromatic carbocycles. The van der Waals surface area contributed by atoms with Crippen molar-refractivity contribution in [3.05, 3.63) is 23.9 Å². The fraction of sp³-hybridized carbons (Fsp3) is 0.500. The van der Waals surface area contributed by atoms with Crippen molar-refractivity contribution in [2.75, 3.05) is 25.0 Å². The first-order valence-electron chi connectivity index (χ1n) is 7.84. The summed E-state index contributed by atoms with van der Waals surface area (Å²) in [6.45, 7) is 1.56. The molecule has 7 heteroatoms. The number of hydrogen-bond acceptors (Lipinski definition) is 5. The zero-order chi connectivity index (χ0) is 16.2. The molecule has 2 aliphatic rings. The number of nitrogens with one attached hydrogen (secondary N) is 2. The van der Waals surface area contributed by atoms with Crippen molar-refractivity contribution >= 4 is 17.6 Å². The summed E-state index contributed by atoms with van der Waals surface area (Å²) in [6, 6.07) is 5.80. The highest BCUT2D eigenvalue weighted by Gasteiger charge is 2.41. The van der Waals surface area contributed by atoms with E-state index in [1.807, 2.05) is 11.0 Å². The number of rotatable bonds is 6. The van der Waals surface area contributed by atoms with E-state index in [0.29, 0.717) is 43.5 Å². The number of nitrogens with zero attached hydrogens (tertiary/aromatic N) is 3. The van der Waals surface area contributed by atoms with Crippen LogP contribution >= 0.6 is 0 Å². The van der Waals surface area contributed by atoms with E-state index in [2.05, 4.69) is 15.6 Å². The van der Waals surface area contributed by atoms with Crippen molar-refractivity contribution in [2.24, 2.45) is 5.92 Å². The lowest BCUT2D eigenvalue weighted by Gasteiger charge is -2.15. The fourth-order valence-electron chi connectivity index (χ4n) is 2.73. The number of amides is 2. The van der Waals surface area contributed by atoms with E-state index in [1.54, 1.807) is 12.1 Å². The van der Waals surface area contributed by atoms with Crippen molar-refractivity contribution < 1.29 is 9.59 Å². The Morgan fingerprint density at radius 2 is 2.22 bits per heavy atom.